The maximum atomic E-state index is 8.98. The largest absolute Gasteiger partial charge is 0.493 e. The van der Waals surface area contributed by atoms with Gasteiger partial charge in [-0.25, -0.2) is 0 Å². The fraction of sp³-hybridized carbons (Fsp3) is 0.538. The number of ether oxygens (including phenoxy) is 2. The van der Waals surface area contributed by atoms with Crippen LogP contribution in [-0.2, 0) is 11.3 Å². The number of hydrogen-bond acceptors (Lipinski definition) is 3. The van der Waals surface area contributed by atoms with Gasteiger partial charge in [0.25, 0.3) is 0 Å². The molecule has 0 bridgehead atoms. The van der Waals surface area contributed by atoms with E-state index in [1.165, 1.54) is 6.42 Å². The van der Waals surface area contributed by atoms with Gasteiger partial charge in [-0.3, -0.25) is 0 Å². The lowest BCUT2D eigenvalue weighted by molar-refractivity contribution is 0.0903. The zero-order valence-corrected chi connectivity index (χ0v) is 9.39. The minimum atomic E-state index is 0.0585. The lowest BCUT2D eigenvalue weighted by Gasteiger charge is -2.11. The summed E-state index contributed by atoms with van der Waals surface area (Å²) in [5.41, 5.74) is 0.884. The molecule has 1 unspecified atom stereocenters. The van der Waals surface area contributed by atoms with Gasteiger partial charge in [0.15, 0.2) is 0 Å². The molecule has 1 N–H and O–H groups in total. The van der Waals surface area contributed by atoms with Gasteiger partial charge < -0.3 is 14.6 Å². The summed E-state index contributed by atoms with van der Waals surface area (Å²) in [7, 11) is 0. The third kappa shape index (κ3) is 3.22. The fourth-order valence-corrected chi connectivity index (χ4v) is 1.91. The summed E-state index contributed by atoms with van der Waals surface area (Å²) >= 11 is 0. The van der Waals surface area contributed by atoms with Crippen LogP contribution in [0.2, 0.25) is 0 Å². The molecule has 1 aromatic rings. The summed E-state index contributed by atoms with van der Waals surface area (Å²) in [6.45, 7) is 1.63. The van der Waals surface area contributed by atoms with Crippen LogP contribution in [0, 0.1) is 0 Å². The van der Waals surface area contributed by atoms with Crippen LogP contribution in [0.5, 0.6) is 5.75 Å². The van der Waals surface area contributed by atoms with E-state index >= 15 is 0 Å². The molecule has 88 valence electrons. The van der Waals surface area contributed by atoms with Gasteiger partial charge in [-0.05, 0) is 30.5 Å². The van der Waals surface area contributed by atoms with Crippen molar-refractivity contribution in [1.29, 1.82) is 0 Å². The Morgan fingerprint density at radius 2 is 2.38 bits per heavy atom. The van der Waals surface area contributed by atoms with Gasteiger partial charge in [0, 0.05) is 13.0 Å². The lowest BCUT2D eigenvalue weighted by Crippen LogP contribution is -2.10. The van der Waals surface area contributed by atoms with Crippen molar-refractivity contribution in [1.82, 2.24) is 0 Å². The molecule has 0 saturated carbocycles. The minimum Gasteiger partial charge on any atom is -0.493 e. The lowest BCUT2D eigenvalue weighted by atomic mass is 10.2. The first-order valence-corrected chi connectivity index (χ1v) is 5.82. The Morgan fingerprint density at radius 3 is 3.12 bits per heavy atom. The van der Waals surface area contributed by atoms with E-state index in [0.29, 0.717) is 12.7 Å². The first-order chi connectivity index (χ1) is 7.88. The van der Waals surface area contributed by atoms with Crippen LogP contribution in [0.15, 0.2) is 24.3 Å². The molecule has 0 spiro atoms. The maximum Gasteiger partial charge on any atom is 0.119 e. The highest BCUT2D eigenvalue weighted by Gasteiger charge is 2.14. The number of rotatable bonds is 5. The number of aliphatic hydroxyl groups is 1. The van der Waals surface area contributed by atoms with Crippen molar-refractivity contribution in [2.24, 2.45) is 0 Å². The first kappa shape index (κ1) is 11.4. The highest BCUT2D eigenvalue weighted by Crippen LogP contribution is 2.17. The molecule has 0 aliphatic carbocycles. The number of benzene rings is 1. The van der Waals surface area contributed by atoms with Gasteiger partial charge in [0.2, 0.25) is 0 Å². The Kier molecular flexibility index (Phi) is 4.19. The Balaban J connectivity index is 1.75. The second kappa shape index (κ2) is 5.87. The summed E-state index contributed by atoms with van der Waals surface area (Å²) in [6.07, 6.45) is 3.65. The normalized spacial score (nSPS) is 19.9. The predicted molar refractivity (Wildman–Crippen MR) is 61.5 cm³/mol. The van der Waals surface area contributed by atoms with Crippen molar-refractivity contribution in [2.45, 2.75) is 32.0 Å². The van der Waals surface area contributed by atoms with E-state index in [-0.39, 0.29) is 6.61 Å². The van der Waals surface area contributed by atoms with E-state index in [0.717, 1.165) is 30.8 Å². The SMILES string of the molecule is OCc1cccc(OCCC2CCCO2)c1. The second-order valence-corrected chi connectivity index (χ2v) is 4.08. The zero-order valence-electron chi connectivity index (χ0n) is 9.39. The van der Waals surface area contributed by atoms with Crippen molar-refractivity contribution in [2.75, 3.05) is 13.2 Å². The standard InChI is InChI=1S/C13H18O3/c14-10-11-3-1-4-13(9-11)16-8-6-12-5-2-7-15-12/h1,3-4,9,12,14H,2,5-8,10H2. The molecule has 0 radical (unpaired) electrons. The van der Waals surface area contributed by atoms with E-state index < -0.39 is 0 Å². The Morgan fingerprint density at radius 1 is 1.44 bits per heavy atom. The maximum absolute atomic E-state index is 8.98. The van der Waals surface area contributed by atoms with Crippen molar-refractivity contribution in [3.05, 3.63) is 29.8 Å². The van der Waals surface area contributed by atoms with Crippen molar-refractivity contribution in [3.8, 4) is 5.75 Å². The molecule has 0 aromatic heterocycles. The topological polar surface area (TPSA) is 38.7 Å². The van der Waals surface area contributed by atoms with E-state index in [2.05, 4.69) is 0 Å². The smallest absolute Gasteiger partial charge is 0.119 e. The third-order valence-corrected chi connectivity index (χ3v) is 2.81. The highest BCUT2D eigenvalue weighted by atomic mass is 16.5. The summed E-state index contributed by atoms with van der Waals surface area (Å²) in [5, 5.41) is 8.98. The molecule has 1 aliphatic heterocycles. The molecule has 1 fully saturated rings. The van der Waals surface area contributed by atoms with Gasteiger partial charge in [0.1, 0.15) is 5.75 Å². The monoisotopic (exact) mass is 222 g/mol. The first-order valence-electron chi connectivity index (χ1n) is 5.82. The van der Waals surface area contributed by atoms with Crippen LogP contribution in [-0.4, -0.2) is 24.4 Å². The molecular formula is C13H18O3. The molecule has 3 heteroatoms. The second-order valence-electron chi connectivity index (χ2n) is 4.08. The van der Waals surface area contributed by atoms with Gasteiger partial charge in [-0.2, -0.15) is 0 Å². The quantitative estimate of drug-likeness (QED) is 0.829. The average Bonchev–Trinajstić information content (AvgIpc) is 2.82. The number of hydrogen-bond donors (Lipinski definition) is 1. The van der Waals surface area contributed by atoms with Gasteiger partial charge >= 0.3 is 0 Å². The van der Waals surface area contributed by atoms with Gasteiger partial charge in [0.05, 0.1) is 19.3 Å². The predicted octanol–water partition coefficient (Wildman–Crippen LogP) is 2.13. The fourth-order valence-electron chi connectivity index (χ4n) is 1.91. The molecule has 1 saturated heterocycles. The van der Waals surface area contributed by atoms with Crippen molar-refractivity contribution in [3.63, 3.8) is 0 Å². The van der Waals surface area contributed by atoms with Crippen LogP contribution in [0.3, 0.4) is 0 Å². The molecular weight excluding hydrogens is 204 g/mol. The summed E-state index contributed by atoms with van der Waals surface area (Å²) in [6, 6.07) is 7.56. The Labute approximate surface area is 96.0 Å². The highest BCUT2D eigenvalue weighted by molar-refractivity contribution is 5.27. The Hall–Kier alpha value is -1.06. The third-order valence-electron chi connectivity index (χ3n) is 2.81. The molecule has 1 heterocycles. The molecule has 2 rings (SSSR count). The number of aliphatic hydroxyl groups excluding tert-OH is 1. The molecule has 3 nitrogen and oxygen atoms in total. The van der Waals surface area contributed by atoms with Crippen LogP contribution < -0.4 is 4.74 Å². The molecule has 1 aliphatic rings. The summed E-state index contributed by atoms with van der Waals surface area (Å²) in [5.74, 6) is 0.824. The van der Waals surface area contributed by atoms with E-state index in [1.807, 2.05) is 24.3 Å². The Bertz CT molecular complexity index is 319. The van der Waals surface area contributed by atoms with Crippen LogP contribution in [0.1, 0.15) is 24.8 Å². The molecule has 1 atom stereocenters. The van der Waals surface area contributed by atoms with E-state index in [4.69, 9.17) is 14.6 Å². The van der Waals surface area contributed by atoms with E-state index in [9.17, 15) is 0 Å². The van der Waals surface area contributed by atoms with Crippen LogP contribution in [0.25, 0.3) is 0 Å². The average molecular weight is 222 g/mol. The van der Waals surface area contributed by atoms with Crippen molar-refractivity contribution < 1.29 is 14.6 Å². The van der Waals surface area contributed by atoms with E-state index in [1.54, 1.807) is 0 Å². The molecule has 0 amide bonds. The van der Waals surface area contributed by atoms with Gasteiger partial charge in [-0.1, -0.05) is 12.1 Å². The molecule has 16 heavy (non-hydrogen) atoms. The summed E-state index contributed by atoms with van der Waals surface area (Å²) in [4.78, 5) is 0. The van der Waals surface area contributed by atoms with Gasteiger partial charge in [-0.15, -0.1) is 0 Å². The van der Waals surface area contributed by atoms with Crippen LogP contribution >= 0.6 is 0 Å². The van der Waals surface area contributed by atoms with Crippen molar-refractivity contribution >= 4 is 0 Å². The molecule has 1 aromatic carbocycles. The zero-order chi connectivity index (χ0) is 11.2. The summed E-state index contributed by atoms with van der Waals surface area (Å²) < 4.78 is 11.1. The van der Waals surface area contributed by atoms with Crippen LogP contribution in [0.4, 0.5) is 0 Å². The minimum absolute atomic E-state index is 0.0585.